The lowest BCUT2D eigenvalue weighted by atomic mass is 9.83. The summed E-state index contributed by atoms with van der Waals surface area (Å²) in [5, 5.41) is 1.40. The molecule has 2 heteroatoms. The molecule has 0 aliphatic carbocycles. The number of fused-ring (bicyclic) bond motifs is 3. The van der Waals surface area contributed by atoms with Crippen molar-refractivity contribution < 1.29 is 0 Å². The van der Waals surface area contributed by atoms with Crippen LogP contribution >= 0.6 is 0 Å². The average molecular weight is 290 g/mol. The molecule has 0 spiro atoms. The van der Waals surface area contributed by atoms with E-state index in [-0.39, 0.29) is 0 Å². The van der Waals surface area contributed by atoms with E-state index in [1.807, 2.05) is 0 Å². The maximum atomic E-state index is 2.48. The van der Waals surface area contributed by atoms with E-state index in [4.69, 9.17) is 0 Å². The highest BCUT2D eigenvalue weighted by Crippen LogP contribution is 2.41. The number of nitrogens with zero attached hydrogens (tertiary/aromatic N) is 2. The molecule has 2 aromatic carbocycles. The molecule has 0 unspecified atom stereocenters. The molecule has 0 fully saturated rings. The lowest BCUT2D eigenvalue weighted by Crippen LogP contribution is -2.39. The third-order valence-electron chi connectivity index (χ3n) is 5.30. The van der Waals surface area contributed by atoms with Gasteiger partial charge in [0.15, 0.2) is 0 Å². The van der Waals surface area contributed by atoms with E-state index in [0.717, 1.165) is 6.54 Å². The number of aromatic nitrogens is 1. The van der Waals surface area contributed by atoms with Crippen LogP contribution < -0.4 is 0 Å². The van der Waals surface area contributed by atoms with Crippen LogP contribution in [0.15, 0.2) is 54.6 Å². The molecule has 3 aromatic rings. The van der Waals surface area contributed by atoms with Crippen molar-refractivity contribution in [2.75, 3.05) is 7.05 Å². The van der Waals surface area contributed by atoms with Crippen LogP contribution in [0.4, 0.5) is 0 Å². The van der Waals surface area contributed by atoms with E-state index < -0.39 is 0 Å². The summed E-state index contributed by atoms with van der Waals surface area (Å²) < 4.78 is 2.41. The topological polar surface area (TPSA) is 8.17 Å². The van der Waals surface area contributed by atoms with Gasteiger partial charge in [0.1, 0.15) is 0 Å². The van der Waals surface area contributed by atoms with Crippen LogP contribution in [0.1, 0.15) is 29.7 Å². The molecular weight excluding hydrogens is 268 g/mol. The minimum atomic E-state index is 0.423. The Morgan fingerprint density at radius 3 is 2.36 bits per heavy atom. The van der Waals surface area contributed by atoms with Crippen LogP contribution in [0.3, 0.4) is 0 Å². The molecule has 1 aliphatic rings. The number of para-hydroxylation sites is 1. The first kappa shape index (κ1) is 13.6. The van der Waals surface area contributed by atoms with Gasteiger partial charge >= 0.3 is 0 Å². The van der Waals surface area contributed by atoms with E-state index in [2.05, 4.69) is 85.1 Å². The van der Waals surface area contributed by atoms with Crippen molar-refractivity contribution >= 4 is 10.9 Å². The van der Waals surface area contributed by atoms with Gasteiger partial charge in [-0.3, -0.25) is 4.90 Å². The van der Waals surface area contributed by atoms with Crippen molar-refractivity contribution in [3.05, 3.63) is 71.4 Å². The van der Waals surface area contributed by atoms with Crippen molar-refractivity contribution in [3.8, 4) is 0 Å². The molecule has 0 saturated carbocycles. The molecule has 2 nitrogen and oxygen atoms in total. The first-order valence-electron chi connectivity index (χ1n) is 8.00. The normalized spacial score (nSPS) is 22.0. The van der Waals surface area contributed by atoms with Crippen molar-refractivity contribution in [2.24, 2.45) is 7.05 Å². The summed E-state index contributed by atoms with van der Waals surface area (Å²) in [6.07, 6.45) is 0. The van der Waals surface area contributed by atoms with Gasteiger partial charge in [-0.05, 0) is 31.2 Å². The minimum absolute atomic E-state index is 0.423. The third-order valence-corrected chi connectivity index (χ3v) is 5.30. The van der Waals surface area contributed by atoms with Gasteiger partial charge in [-0.25, -0.2) is 0 Å². The Labute approximate surface area is 132 Å². The van der Waals surface area contributed by atoms with Crippen LogP contribution in [0.5, 0.6) is 0 Å². The number of rotatable bonds is 1. The molecule has 112 valence electrons. The summed E-state index contributed by atoms with van der Waals surface area (Å²) in [5.41, 5.74) is 5.73. The summed E-state index contributed by atoms with van der Waals surface area (Å²) in [7, 11) is 4.46. The summed E-state index contributed by atoms with van der Waals surface area (Å²) in [6, 6.07) is 20.2. The molecule has 0 N–H and O–H groups in total. The van der Waals surface area contributed by atoms with E-state index in [0.29, 0.717) is 12.0 Å². The molecule has 1 aliphatic heterocycles. The highest BCUT2D eigenvalue weighted by Gasteiger charge is 2.35. The fraction of sp³-hybridized carbons (Fsp3) is 0.300. The Morgan fingerprint density at radius 2 is 1.59 bits per heavy atom. The molecular formula is C20H22N2. The molecule has 0 radical (unpaired) electrons. The van der Waals surface area contributed by atoms with Gasteiger partial charge in [0.2, 0.25) is 0 Å². The highest BCUT2D eigenvalue weighted by molar-refractivity contribution is 5.86. The second-order valence-electron chi connectivity index (χ2n) is 6.48. The van der Waals surface area contributed by atoms with E-state index in [1.54, 1.807) is 0 Å². The van der Waals surface area contributed by atoms with Crippen LogP contribution in [0, 0.1) is 0 Å². The number of hydrogen-bond acceptors (Lipinski definition) is 1. The van der Waals surface area contributed by atoms with Crippen LogP contribution in [0.25, 0.3) is 10.9 Å². The van der Waals surface area contributed by atoms with Crippen molar-refractivity contribution in [2.45, 2.75) is 25.4 Å². The van der Waals surface area contributed by atoms with Crippen molar-refractivity contribution in [3.63, 3.8) is 0 Å². The number of aryl methyl sites for hydroxylation is 1. The second-order valence-corrected chi connectivity index (χ2v) is 6.48. The predicted octanol–water partition coefficient (Wildman–Crippen LogP) is 4.14. The summed E-state index contributed by atoms with van der Waals surface area (Å²) in [4.78, 5) is 2.48. The smallest absolute Gasteiger partial charge is 0.0483 e. The summed E-state index contributed by atoms with van der Waals surface area (Å²) in [6.45, 7) is 3.37. The largest absolute Gasteiger partial charge is 0.347 e. The van der Waals surface area contributed by atoms with E-state index >= 15 is 0 Å². The molecule has 22 heavy (non-hydrogen) atoms. The molecule has 2 atom stereocenters. The standard InChI is InChI=1S/C20H22N2/c1-14-19(15-9-5-4-6-10-15)20-17(13-21(14)2)16-11-7-8-12-18(16)22(20)3/h4-12,14,19H,13H2,1-3H3/t14-,19+/m0/s1. The van der Waals surface area contributed by atoms with Crippen LogP contribution in [0.2, 0.25) is 0 Å². The molecule has 2 heterocycles. The fourth-order valence-corrected chi connectivity index (χ4v) is 4.03. The Hall–Kier alpha value is -2.06. The maximum Gasteiger partial charge on any atom is 0.0483 e. The number of benzene rings is 2. The van der Waals surface area contributed by atoms with Gasteiger partial charge in [0.05, 0.1) is 0 Å². The average Bonchev–Trinajstić information content (AvgIpc) is 2.83. The maximum absolute atomic E-state index is 2.48. The quantitative estimate of drug-likeness (QED) is 0.654. The van der Waals surface area contributed by atoms with Gasteiger partial charge in [0, 0.05) is 42.1 Å². The van der Waals surface area contributed by atoms with Gasteiger partial charge < -0.3 is 4.57 Å². The van der Waals surface area contributed by atoms with Gasteiger partial charge in [0.25, 0.3) is 0 Å². The van der Waals surface area contributed by atoms with Gasteiger partial charge in [-0.15, -0.1) is 0 Å². The zero-order valence-corrected chi connectivity index (χ0v) is 13.5. The monoisotopic (exact) mass is 290 g/mol. The second kappa shape index (κ2) is 4.99. The lowest BCUT2D eigenvalue weighted by molar-refractivity contribution is 0.209. The summed E-state index contributed by atoms with van der Waals surface area (Å²) >= 11 is 0. The van der Waals surface area contributed by atoms with E-state index in [1.165, 1.54) is 27.7 Å². The van der Waals surface area contributed by atoms with Crippen LogP contribution in [-0.2, 0) is 13.6 Å². The Kier molecular flexibility index (Phi) is 3.08. The zero-order chi connectivity index (χ0) is 15.3. The fourth-order valence-electron chi connectivity index (χ4n) is 4.03. The SMILES string of the molecule is C[C@H]1[C@H](c2ccccc2)c2c(c3ccccc3n2C)CN1C. The molecule has 0 bridgehead atoms. The first-order valence-corrected chi connectivity index (χ1v) is 8.00. The van der Waals surface area contributed by atoms with Gasteiger partial charge in [-0.2, -0.15) is 0 Å². The minimum Gasteiger partial charge on any atom is -0.347 e. The molecule has 1 aromatic heterocycles. The Balaban J connectivity index is 2.02. The first-order chi connectivity index (χ1) is 10.7. The van der Waals surface area contributed by atoms with Crippen LogP contribution in [-0.4, -0.2) is 22.6 Å². The molecule has 0 amide bonds. The molecule has 0 saturated heterocycles. The number of likely N-dealkylation sites (N-methyl/N-ethyl adjacent to an activating group) is 1. The van der Waals surface area contributed by atoms with Gasteiger partial charge in [-0.1, -0.05) is 48.5 Å². The number of hydrogen-bond donors (Lipinski definition) is 0. The Morgan fingerprint density at radius 1 is 0.909 bits per heavy atom. The lowest BCUT2D eigenvalue weighted by Gasteiger charge is -2.38. The Bertz CT molecular complexity index is 816. The highest BCUT2D eigenvalue weighted by atomic mass is 15.2. The third kappa shape index (κ3) is 1.84. The summed E-state index contributed by atoms with van der Waals surface area (Å²) in [5.74, 6) is 0.423. The van der Waals surface area contributed by atoms with E-state index in [9.17, 15) is 0 Å². The predicted molar refractivity (Wildman–Crippen MR) is 92.1 cm³/mol. The molecule has 4 rings (SSSR count). The zero-order valence-electron chi connectivity index (χ0n) is 13.5. The van der Waals surface area contributed by atoms with Crippen molar-refractivity contribution in [1.82, 2.24) is 9.47 Å². The van der Waals surface area contributed by atoms with Crippen molar-refractivity contribution in [1.29, 1.82) is 0 Å².